The summed E-state index contributed by atoms with van der Waals surface area (Å²) in [6.07, 6.45) is 7.68. The predicted molar refractivity (Wildman–Crippen MR) is 83.9 cm³/mol. The number of halogens is 1. The summed E-state index contributed by atoms with van der Waals surface area (Å²) in [5.74, 6) is 2.46. The lowest BCUT2D eigenvalue weighted by molar-refractivity contribution is 0.204. The number of benzene rings is 1. The van der Waals surface area contributed by atoms with E-state index in [9.17, 15) is 4.39 Å². The van der Waals surface area contributed by atoms with E-state index in [1.807, 2.05) is 12.1 Å². The van der Waals surface area contributed by atoms with Crippen LogP contribution < -0.4 is 4.90 Å². The number of anilines is 1. The van der Waals surface area contributed by atoms with Crippen LogP contribution in [0, 0.1) is 23.6 Å². The predicted octanol–water partition coefficient (Wildman–Crippen LogP) is 3.16. The fourth-order valence-electron chi connectivity index (χ4n) is 4.28. The van der Waals surface area contributed by atoms with E-state index in [2.05, 4.69) is 22.0 Å². The van der Waals surface area contributed by atoms with E-state index < -0.39 is 0 Å². The van der Waals surface area contributed by atoms with Crippen LogP contribution in [0.3, 0.4) is 0 Å². The number of hydrogen-bond acceptors (Lipinski definition) is 2. The van der Waals surface area contributed by atoms with E-state index in [0.29, 0.717) is 0 Å². The molecule has 3 aliphatic rings. The fraction of sp³-hybridized carbons (Fsp3) is 0.556. The smallest absolute Gasteiger partial charge is 0.123 e. The average molecular weight is 286 g/mol. The number of allylic oxidation sites excluding steroid dienone is 2. The Bertz CT molecular complexity index is 517. The van der Waals surface area contributed by atoms with Crippen LogP contribution in [0.15, 0.2) is 36.4 Å². The van der Waals surface area contributed by atoms with Crippen molar-refractivity contribution in [3.05, 3.63) is 42.2 Å². The van der Waals surface area contributed by atoms with Crippen LogP contribution in [0.4, 0.5) is 10.1 Å². The van der Waals surface area contributed by atoms with E-state index in [4.69, 9.17) is 0 Å². The number of fused-ring (bicyclic) bond motifs is 2. The zero-order valence-corrected chi connectivity index (χ0v) is 12.4. The van der Waals surface area contributed by atoms with Gasteiger partial charge < -0.3 is 4.90 Å². The molecule has 1 aromatic rings. The Morgan fingerprint density at radius 1 is 0.952 bits per heavy atom. The molecule has 1 saturated heterocycles. The van der Waals surface area contributed by atoms with Gasteiger partial charge in [-0.2, -0.15) is 0 Å². The zero-order valence-electron chi connectivity index (χ0n) is 12.4. The van der Waals surface area contributed by atoms with Crippen molar-refractivity contribution in [3.63, 3.8) is 0 Å². The van der Waals surface area contributed by atoms with Gasteiger partial charge in [0.1, 0.15) is 5.82 Å². The molecule has 4 rings (SSSR count). The van der Waals surface area contributed by atoms with Gasteiger partial charge in [-0.25, -0.2) is 4.39 Å². The first-order valence-electron chi connectivity index (χ1n) is 8.19. The van der Waals surface area contributed by atoms with Gasteiger partial charge in [-0.15, -0.1) is 0 Å². The molecule has 1 heterocycles. The van der Waals surface area contributed by atoms with Crippen LogP contribution in [0.1, 0.15) is 12.8 Å². The molecule has 112 valence electrons. The van der Waals surface area contributed by atoms with E-state index in [0.717, 1.165) is 49.6 Å². The number of hydrogen-bond donors (Lipinski definition) is 0. The maximum atomic E-state index is 13.0. The second-order valence-electron chi connectivity index (χ2n) is 6.80. The van der Waals surface area contributed by atoms with Crippen LogP contribution in [-0.4, -0.2) is 37.6 Å². The minimum Gasteiger partial charge on any atom is -0.369 e. The van der Waals surface area contributed by atoms with Gasteiger partial charge in [0.25, 0.3) is 0 Å². The molecule has 1 aliphatic heterocycles. The molecule has 1 aromatic carbocycles. The molecular formula is C18H23FN2. The van der Waals surface area contributed by atoms with Gasteiger partial charge in [-0.1, -0.05) is 12.2 Å². The lowest BCUT2D eigenvalue weighted by Gasteiger charge is -2.38. The molecule has 2 bridgehead atoms. The lowest BCUT2D eigenvalue weighted by atomic mass is 9.93. The minimum absolute atomic E-state index is 0.151. The first kappa shape index (κ1) is 13.3. The van der Waals surface area contributed by atoms with Crippen LogP contribution >= 0.6 is 0 Å². The Kier molecular flexibility index (Phi) is 3.46. The maximum absolute atomic E-state index is 13.0. The monoisotopic (exact) mass is 286 g/mol. The highest BCUT2D eigenvalue weighted by atomic mass is 19.1. The molecule has 2 nitrogen and oxygen atoms in total. The largest absolute Gasteiger partial charge is 0.369 e. The third-order valence-electron chi connectivity index (χ3n) is 5.47. The molecule has 0 aromatic heterocycles. The van der Waals surface area contributed by atoms with Crippen molar-refractivity contribution < 1.29 is 4.39 Å². The van der Waals surface area contributed by atoms with E-state index in [1.54, 1.807) is 12.1 Å². The summed E-state index contributed by atoms with van der Waals surface area (Å²) < 4.78 is 13.0. The molecule has 2 aliphatic carbocycles. The molecule has 2 fully saturated rings. The van der Waals surface area contributed by atoms with E-state index in [-0.39, 0.29) is 5.82 Å². The Morgan fingerprint density at radius 2 is 1.71 bits per heavy atom. The molecular weight excluding hydrogens is 263 g/mol. The fourth-order valence-corrected chi connectivity index (χ4v) is 4.28. The molecule has 1 saturated carbocycles. The van der Waals surface area contributed by atoms with Crippen molar-refractivity contribution in [2.45, 2.75) is 12.8 Å². The summed E-state index contributed by atoms with van der Waals surface area (Å²) in [6.45, 7) is 5.65. The standard InChI is InChI=1S/C18H23FN2/c19-17-3-5-18(6-4-17)21-9-7-20(8-10-21)13-16-12-14-1-2-15(16)11-14/h1-6,14-16H,7-13H2/t14?,15-,16?/m1/s1. The molecule has 3 atom stereocenters. The second kappa shape index (κ2) is 5.45. The normalized spacial score (nSPS) is 32.0. The Balaban J connectivity index is 1.30. The number of nitrogens with zero attached hydrogens (tertiary/aromatic N) is 2. The number of piperazine rings is 1. The highest BCUT2D eigenvalue weighted by Crippen LogP contribution is 2.43. The molecule has 0 N–H and O–H groups in total. The summed E-state index contributed by atoms with van der Waals surface area (Å²) in [5.41, 5.74) is 1.15. The van der Waals surface area contributed by atoms with Crippen molar-refractivity contribution in [2.24, 2.45) is 17.8 Å². The minimum atomic E-state index is -0.151. The summed E-state index contributed by atoms with van der Waals surface area (Å²) >= 11 is 0. The lowest BCUT2D eigenvalue weighted by Crippen LogP contribution is -2.48. The van der Waals surface area contributed by atoms with Crippen molar-refractivity contribution >= 4 is 5.69 Å². The highest BCUT2D eigenvalue weighted by molar-refractivity contribution is 5.46. The first-order chi connectivity index (χ1) is 10.3. The summed E-state index contributed by atoms with van der Waals surface area (Å²) in [6, 6.07) is 6.91. The summed E-state index contributed by atoms with van der Waals surface area (Å²) in [7, 11) is 0. The van der Waals surface area contributed by atoms with Crippen LogP contribution in [0.25, 0.3) is 0 Å². The van der Waals surface area contributed by atoms with E-state index in [1.165, 1.54) is 19.4 Å². The van der Waals surface area contributed by atoms with Crippen molar-refractivity contribution in [2.75, 3.05) is 37.6 Å². The van der Waals surface area contributed by atoms with Crippen molar-refractivity contribution in [1.29, 1.82) is 0 Å². The molecule has 3 heteroatoms. The SMILES string of the molecule is Fc1ccc(N2CCN(CC3CC4C=C[C@@H]3C4)CC2)cc1. The molecule has 21 heavy (non-hydrogen) atoms. The quantitative estimate of drug-likeness (QED) is 0.788. The molecule has 0 radical (unpaired) electrons. The maximum Gasteiger partial charge on any atom is 0.123 e. The molecule has 2 unspecified atom stereocenters. The molecule has 0 amide bonds. The Hall–Kier alpha value is -1.35. The Labute approximate surface area is 126 Å². The average Bonchev–Trinajstić information content (AvgIpc) is 3.12. The van der Waals surface area contributed by atoms with Crippen molar-refractivity contribution in [1.82, 2.24) is 4.90 Å². The van der Waals surface area contributed by atoms with Crippen LogP contribution in [0.2, 0.25) is 0 Å². The van der Waals surface area contributed by atoms with Gasteiger partial charge in [-0.05, 0) is 54.9 Å². The third kappa shape index (κ3) is 2.71. The Morgan fingerprint density at radius 3 is 2.33 bits per heavy atom. The van der Waals surface area contributed by atoms with E-state index >= 15 is 0 Å². The van der Waals surface area contributed by atoms with Gasteiger partial charge in [0.05, 0.1) is 0 Å². The van der Waals surface area contributed by atoms with Gasteiger partial charge in [0.2, 0.25) is 0 Å². The van der Waals surface area contributed by atoms with Gasteiger partial charge in [-0.3, -0.25) is 4.90 Å². The topological polar surface area (TPSA) is 6.48 Å². The second-order valence-corrected chi connectivity index (χ2v) is 6.80. The first-order valence-corrected chi connectivity index (χ1v) is 8.19. The van der Waals surface area contributed by atoms with Gasteiger partial charge >= 0.3 is 0 Å². The van der Waals surface area contributed by atoms with Gasteiger partial charge in [0.15, 0.2) is 0 Å². The van der Waals surface area contributed by atoms with Crippen molar-refractivity contribution in [3.8, 4) is 0 Å². The van der Waals surface area contributed by atoms with Gasteiger partial charge in [0, 0.05) is 38.4 Å². The molecule has 0 spiro atoms. The summed E-state index contributed by atoms with van der Waals surface area (Å²) in [4.78, 5) is 5.00. The number of rotatable bonds is 3. The highest BCUT2D eigenvalue weighted by Gasteiger charge is 2.36. The zero-order chi connectivity index (χ0) is 14.2. The van der Waals surface area contributed by atoms with Crippen LogP contribution in [-0.2, 0) is 0 Å². The summed E-state index contributed by atoms with van der Waals surface area (Å²) in [5, 5.41) is 0. The third-order valence-corrected chi connectivity index (χ3v) is 5.47. The van der Waals surface area contributed by atoms with Crippen LogP contribution in [0.5, 0.6) is 0 Å².